The molecule has 1 rings (SSSR count). The van der Waals surface area contributed by atoms with E-state index in [9.17, 15) is 9.59 Å². The van der Waals surface area contributed by atoms with Gasteiger partial charge in [-0.05, 0) is 18.3 Å². The normalized spacial score (nSPS) is 24.1. The molecule has 1 fully saturated rings. The van der Waals surface area contributed by atoms with Crippen LogP contribution in [0.1, 0.15) is 40.5 Å². The molecule has 5 nitrogen and oxygen atoms in total. The topological polar surface area (TPSA) is 69.6 Å². The molecule has 1 aliphatic rings. The number of rotatable bonds is 6. The Kier molecular flexibility index (Phi) is 6.46. The number of amides is 1. The van der Waals surface area contributed by atoms with E-state index in [4.69, 9.17) is 5.11 Å². The second kappa shape index (κ2) is 7.62. The molecule has 0 aromatic rings. The summed E-state index contributed by atoms with van der Waals surface area (Å²) in [5.74, 6) is -0.0725. The van der Waals surface area contributed by atoms with Crippen molar-refractivity contribution in [3.63, 3.8) is 0 Å². The van der Waals surface area contributed by atoms with Gasteiger partial charge in [0.1, 0.15) is 0 Å². The number of carbonyl (C=O) groups is 2. The number of hydrogen-bond donors (Lipinski definition) is 2. The Morgan fingerprint density at radius 3 is 2.40 bits per heavy atom. The third-order valence-corrected chi connectivity index (χ3v) is 3.57. The smallest absolute Gasteiger partial charge is 0.303 e. The summed E-state index contributed by atoms with van der Waals surface area (Å²) in [4.78, 5) is 25.0. The zero-order chi connectivity index (χ0) is 15.3. The summed E-state index contributed by atoms with van der Waals surface area (Å²) >= 11 is 0. The predicted molar refractivity (Wildman–Crippen MR) is 78.4 cm³/mol. The molecule has 0 spiro atoms. The lowest BCUT2D eigenvalue weighted by atomic mass is 9.90. The van der Waals surface area contributed by atoms with Gasteiger partial charge < -0.3 is 15.3 Å². The van der Waals surface area contributed by atoms with Gasteiger partial charge in [-0.15, -0.1) is 0 Å². The molecule has 5 heteroatoms. The van der Waals surface area contributed by atoms with Crippen LogP contribution in [0.3, 0.4) is 0 Å². The third kappa shape index (κ3) is 5.90. The van der Waals surface area contributed by atoms with E-state index in [-0.39, 0.29) is 30.2 Å². The Morgan fingerprint density at radius 2 is 1.90 bits per heavy atom. The molecule has 0 aliphatic carbocycles. The van der Waals surface area contributed by atoms with Crippen molar-refractivity contribution in [2.24, 2.45) is 17.8 Å². The van der Waals surface area contributed by atoms with E-state index >= 15 is 0 Å². The molecular formula is C15H28N2O3. The summed E-state index contributed by atoms with van der Waals surface area (Å²) in [7, 11) is 0. The fraction of sp³-hybridized carbons (Fsp3) is 0.867. The zero-order valence-electron chi connectivity index (χ0n) is 13.1. The van der Waals surface area contributed by atoms with Gasteiger partial charge in [0.05, 0.1) is 0 Å². The Bertz CT molecular complexity index is 342. The van der Waals surface area contributed by atoms with Crippen molar-refractivity contribution in [2.45, 2.75) is 46.6 Å². The SMILES string of the molecule is CC(C)CN1CC(CC(=O)O)CC(NC(=O)C(C)C)C1. The monoisotopic (exact) mass is 284 g/mol. The molecule has 0 bridgehead atoms. The van der Waals surface area contributed by atoms with Crippen molar-refractivity contribution >= 4 is 11.9 Å². The summed E-state index contributed by atoms with van der Waals surface area (Å²) in [6, 6.07) is 0.0711. The summed E-state index contributed by atoms with van der Waals surface area (Å²) in [6.45, 7) is 10.7. The molecule has 0 aromatic heterocycles. The maximum atomic E-state index is 11.8. The largest absolute Gasteiger partial charge is 0.481 e. The van der Waals surface area contributed by atoms with Crippen LogP contribution < -0.4 is 5.32 Å². The molecule has 1 amide bonds. The van der Waals surface area contributed by atoms with Gasteiger partial charge >= 0.3 is 5.97 Å². The van der Waals surface area contributed by atoms with Crippen molar-refractivity contribution in [3.8, 4) is 0 Å². The van der Waals surface area contributed by atoms with E-state index < -0.39 is 5.97 Å². The molecule has 0 aromatic carbocycles. The minimum absolute atomic E-state index is 0.0339. The van der Waals surface area contributed by atoms with Gasteiger partial charge in [-0.2, -0.15) is 0 Å². The first-order valence-electron chi connectivity index (χ1n) is 7.52. The molecule has 0 saturated carbocycles. The molecule has 20 heavy (non-hydrogen) atoms. The second-order valence-electron chi connectivity index (χ2n) is 6.67. The van der Waals surface area contributed by atoms with Crippen molar-refractivity contribution < 1.29 is 14.7 Å². The number of carboxylic acid groups (broad SMARTS) is 1. The van der Waals surface area contributed by atoms with E-state index in [1.165, 1.54) is 0 Å². The van der Waals surface area contributed by atoms with Crippen LogP contribution in [0.4, 0.5) is 0 Å². The van der Waals surface area contributed by atoms with E-state index in [0.29, 0.717) is 5.92 Å². The molecule has 1 aliphatic heterocycles. The number of nitrogens with zero attached hydrogens (tertiary/aromatic N) is 1. The predicted octanol–water partition coefficient (Wildman–Crippen LogP) is 1.58. The number of carbonyl (C=O) groups excluding carboxylic acids is 1. The van der Waals surface area contributed by atoms with E-state index in [1.807, 2.05) is 13.8 Å². The van der Waals surface area contributed by atoms with Crippen LogP contribution in [0.5, 0.6) is 0 Å². The number of likely N-dealkylation sites (tertiary alicyclic amines) is 1. The molecule has 2 unspecified atom stereocenters. The lowest BCUT2D eigenvalue weighted by molar-refractivity contribution is -0.138. The van der Waals surface area contributed by atoms with Crippen molar-refractivity contribution in [1.82, 2.24) is 10.2 Å². The minimum atomic E-state index is -0.754. The lowest BCUT2D eigenvalue weighted by Gasteiger charge is -2.38. The highest BCUT2D eigenvalue weighted by molar-refractivity contribution is 5.78. The van der Waals surface area contributed by atoms with Crippen LogP contribution in [0.15, 0.2) is 0 Å². The Labute approximate surface area is 121 Å². The first kappa shape index (κ1) is 17.0. The summed E-state index contributed by atoms with van der Waals surface area (Å²) in [5.41, 5.74) is 0. The summed E-state index contributed by atoms with van der Waals surface area (Å²) < 4.78 is 0. The van der Waals surface area contributed by atoms with Gasteiger partial charge in [0, 0.05) is 38.0 Å². The standard InChI is InChI=1S/C15H28N2O3/c1-10(2)7-17-8-12(6-14(18)19)5-13(9-17)16-15(20)11(3)4/h10-13H,5-9H2,1-4H3,(H,16,20)(H,18,19). The quantitative estimate of drug-likeness (QED) is 0.777. The van der Waals surface area contributed by atoms with Crippen LogP contribution in [0.2, 0.25) is 0 Å². The Balaban J connectivity index is 2.63. The van der Waals surface area contributed by atoms with E-state index in [1.54, 1.807) is 0 Å². The van der Waals surface area contributed by atoms with Gasteiger partial charge in [-0.3, -0.25) is 9.59 Å². The van der Waals surface area contributed by atoms with Gasteiger partial charge in [0.25, 0.3) is 0 Å². The fourth-order valence-electron chi connectivity index (χ4n) is 2.84. The first-order valence-corrected chi connectivity index (χ1v) is 7.52. The first-order chi connectivity index (χ1) is 9.27. The molecule has 1 saturated heterocycles. The van der Waals surface area contributed by atoms with Gasteiger partial charge in [-0.1, -0.05) is 27.7 Å². The molecule has 2 atom stereocenters. The molecular weight excluding hydrogens is 256 g/mol. The number of piperidine rings is 1. The van der Waals surface area contributed by atoms with Gasteiger partial charge in [0.2, 0.25) is 5.91 Å². The number of aliphatic carboxylic acids is 1. The minimum Gasteiger partial charge on any atom is -0.481 e. The van der Waals surface area contributed by atoms with Crippen molar-refractivity contribution in [2.75, 3.05) is 19.6 Å². The van der Waals surface area contributed by atoms with Gasteiger partial charge in [0.15, 0.2) is 0 Å². The number of nitrogens with one attached hydrogen (secondary N) is 1. The average Bonchev–Trinajstić information content (AvgIpc) is 2.25. The highest BCUT2D eigenvalue weighted by Gasteiger charge is 2.30. The lowest BCUT2D eigenvalue weighted by Crippen LogP contribution is -2.52. The molecule has 116 valence electrons. The van der Waals surface area contributed by atoms with E-state index in [0.717, 1.165) is 26.1 Å². The van der Waals surface area contributed by atoms with E-state index in [2.05, 4.69) is 24.1 Å². The zero-order valence-corrected chi connectivity index (χ0v) is 13.1. The Morgan fingerprint density at radius 1 is 1.25 bits per heavy atom. The van der Waals surface area contributed by atoms with Crippen LogP contribution in [-0.2, 0) is 9.59 Å². The molecule has 0 radical (unpaired) electrons. The maximum Gasteiger partial charge on any atom is 0.303 e. The number of hydrogen-bond acceptors (Lipinski definition) is 3. The third-order valence-electron chi connectivity index (χ3n) is 3.57. The molecule has 1 heterocycles. The van der Waals surface area contributed by atoms with Crippen molar-refractivity contribution in [1.29, 1.82) is 0 Å². The average molecular weight is 284 g/mol. The highest BCUT2D eigenvalue weighted by atomic mass is 16.4. The summed E-state index contributed by atoms with van der Waals surface area (Å²) in [6.07, 6.45) is 0.946. The number of carboxylic acids is 1. The van der Waals surface area contributed by atoms with Crippen LogP contribution in [0, 0.1) is 17.8 Å². The van der Waals surface area contributed by atoms with Crippen LogP contribution in [-0.4, -0.2) is 47.6 Å². The van der Waals surface area contributed by atoms with Gasteiger partial charge in [-0.25, -0.2) is 0 Å². The Hall–Kier alpha value is -1.10. The fourth-order valence-corrected chi connectivity index (χ4v) is 2.84. The maximum absolute atomic E-state index is 11.8. The molecule has 2 N–H and O–H groups in total. The second-order valence-corrected chi connectivity index (χ2v) is 6.67. The van der Waals surface area contributed by atoms with Crippen LogP contribution >= 0.6 is 0 Å². The van der Waals surface area contributed by atoms with Crippen molar-refractivity contribution in [3.05, 3.63) is 0 Å². The summed E-state index contributed by atoms with van der Waals surface area (Å²) in [5, 5.41) is 12.0. The highest BCUT2D eigenvalue weighted by Crippen LogP contribution is 2.21. The van der Waals surface area contributed by atoms with Crippen LogP contribution in [0.25, 0.3) is 0 Å².